The highest BCUT2D eigenvalue weighted by molar-refractivity contribution is 5.87. The molecule has 40 heavy (non-hydrogen) atoms. The molecule has 10 heteroatoms. The Balaban J connectivity index is 1.39. The average Bonchev–Trinajstić information content (AvgIpc) is 3.54. The molecule has 210 valence electrons. The zero-order chi connectivity index (χ0) is 27.7. The maximum atomic E-state index is 14.5. The maximum Gasteiger partial charge on any atom is 0.264 e. The highest BCUT2D eigenvalue weighted by Crippen LogP contribution is 2.46. The normalized spacial score (nSPS) is 23.9. The molecule has 2 bridgehead atoms. The number of hydrogen-bond acceptors (Lipinski definition) is 7. The van der Waals surface area contributed by atoms with Gasteiger partial charge >= 0.3 is 0 Å². The number of fused-ring (bicyclic) bond motifs is 4. The Morgan fingerprint density at radius 3 is 2.55 bits per heavy atom. The summed E-state index contributed by atoms with van der Waals surface area (Å²) in [5.41, 5.74) is 5.58. The van der Waals surface area contributed by atoms with Crippen LogP contribution in [0, 0.1) is 0 Å². The molecule has 1 aromatic carbocycles. The topological polar surface area (TPSA) is 69.9 Å². The van der Waals surface area contributed by atoms with Crippen LogP contribution in [-0.4, -0.2) is 65.0 Å². The molecule has 3 unspecified atom stereocenters. The number of aliphatic hydroxyl groups excluding tert-OH is 1. The molecular formula is C30H34F2N6O2. The summed E-state index contributed by atoms with van der Waals surface area (Å²) in [7, 11) is 3.67. The van der Waals surface area contributed by atoms with Crippen molar-refractivity contribution >= 4 is 29.1 Å². The summed E-state index contributed by atoms with van der Waals surface area (Å²) < 4.78 is 36.7. The van der Waals surface area contributed by atoms with Crippen LogP contribution in [0.2, 0.25) is 0 Å². The number of ether oxygens (including phenoxy) is 1. The molecule has 4 aliphatic heterocycles. The molecule has 0 aliphatic carbocycles. The number of likely N-dealkylation sites (N-methyl/N-ethyl adjacent to an activating group) is 1. The summed E-state index contributed by atoms with van der Waals surface area (Å²) in [6, 6.07) is 5.61. The van der Waals surface area contributed by atoms with E-state index >= 15 is 0 Å². The zero-order valence-electron chi connectivity index (χ0n) is 23.0. The van der Waals surface area contributed by atoms with E-state index in [1.165, 1.54) is 0 Å². The van der Waals surface area contributed by atoms with Gasteiger partial charge in [-0.2, -0.15) is 5.10 Å². The van der Waals surface area contributed by atoms with Gasteiger partial charge in [-0.25, -0.2) is 13.8 Å². The molecule has 4 aliphatic rings. The third kappa shape index (κ3) is 4.16. The summed E-state index contributed by atoms with van der Waals surface area (Å²) in [5.74, 6) is 1.56. The predicted molar refractivity (Wildman–Crippen MR) is 151 cm³/mol. The lowest BCUT2D eigenvalue weighted by molar-refractivity contribution is 0.0302. The number of halogens is 2. The lowest BCUT2D eigenvalue weighted by atomic mass is 9.92. The van der Waals surface area contributed by atoms with Gasteiger partial charge in [0, 0.05) is 68.4 Å². The first-order valence-corrected chi connectivity index (χ1v) is 14.0. The van der Waals surface area contributed by atoms with Gasteiger partial charge in [0.1, 0.15) is 17.9 Å². The van der Waals surface area contributed by atoms with Crippen LogP contribution >= 0.6 is 0 Å². The number of benzene rings is 1. The molecule has 0 radical (unpaired) electrons. The quantitative estimate of drug-likeness (QED) is 0.490. The van der Waals surface area contributed by atoms with Crippen molar-refractivity contribution in [3.63, 3.8) is 0 Å². The van der Waals surface area contributed by atoms with Crippen LogP contribution in [0.3, 0.4) is 0 Å². The lowest BCUT2D eigenvalue weighted by Gasteiger charge is -2.39. The average molecular weight is 549 g/mol. The molecule has 2 aromatic heterocycles. The molecule has 0 saturated carbocycles. The Labute approximate surface area is 232 Å². The van der Waals surface area contributed by atoms with Crippen molar-refractivity contribution in [1.29, 1.82) is 0 Å². The van der Waals surface area contributed by atoms with E-state index in [4.69, 9.17) is 9.72 Å². The molecule has 3 aromatic rings. The van der Waals surface area contributed by atoms with E-state index < -0.39 is 12.7 Å². The first-order chi connectivity index (χ1) is 19.3. The number of pyridine rings is 1. The van der Waals surface area contributed by atoms with E-state index in [2.05, 4.69) is 21.0 Å². The highest BCUT2D eigenvalue weighted by Gasteiger charge is 2.36. The van der Waals surface area contributed by atoms with Gasteiger partial charge in [-0.3, -0.25) is 4.68 Å². The number of anilines is 4. The van der Waals surface area contributed by atoms with E-state index in [9.17, 15) is 13.9 Å². The summed E-state index contributed by atoms with van der Waals surface area (Å²) in [6.45, 7) is 4.10. The third-order valence-corrected chi connectivity index (χ3v) is 8.77. The number of morpholine rings is 1. The Hall–Kier alpha value is -3.50. The largest absolute Gasteiger partial charge is 0.371 e. The molecule has 2 fully saturated rings. The lowest BCUT2D eigenvalue weighted by Crippen LogP contribution is -2.43. The fourth-order valence-electron chi connectivity index (χ4n) is 6.71. The van der Waals surface area contributed by atoms with Crippen molar-refractivity contribution < 1.29 is 18.6 Å². The van der Waals surface area contributed by atoms with Crippen LogP contribution in [0.4, 0.5) is 31.8 Å². The van der Waals surface area contributed by atoms with E-state index in [1.54, 1.807) is 30.2 Å². The highest BCUT2D eigenvalue weighted by atomic mass is 19.3. The summed E-state index contributed by atoms with van der Waals surface area (Å²) in [6.07, 6.45) is 6.19. The number of hydrogen-bond donors (Lipinski definition) is 1. The van der Waals surface area contributed by atoms with Crippen LogP contribution < -0.4 is 14.7 Å². The van der Waals surface area contributed by atoms with Crippen molar-refractivity contribution in [1.82, 2.24) is 14.8 Å². The van der Waals surface area contributed by atoms with E-state index in [-0.39, 0.29) is 17.8 Å². The van der Waals surface area contributed by atoms with Gasteiger partial charge in [-0.1, -0.05) is 0 Å². The number of rotatable bonds is 4. The van der Waals surface area contributed by atoms with Crippen molar-refractivity contribution in [2.45, 2.75) is 57.5 Å². The van der Waals surface area contributed by atoms with Gasteiger partial charge in [0.05, 0.1) is 24.1 Å². The summed E-state index contributed by atoms with van der Waals surface area (Å²) >= 11 is 0. The molecule has 3 atom stereocenters. The molecule has 2 saturated heterocycles. The number of alkyl halides is 2. The van der Waals surface area contributed by atoms with Crippen molar-refractivity contribution in [2.24, 2.45) is 7.05 Å². The molecular weight excluding hydrogens is 514 g/mol. The Kier molecular flexibility index (Phi) is 6.08. The zero-order valence-corrected chi connectivity index (χ0v) is 23.0. The molecule has 8 nitrogen and oxygen atoms in total. The van der Waals surface area contributed by atoms with E-state index in [0.717, 1.165) is 78.5 Å². The second kappa shape index (κ2) is 9.55. The van der Waals surface area contributed by atoms with Crippen LogP contribution in [0.15, 0.2) is 36.2 Å². The number of aliphatic hydroxyl groups is 1. The van der Waals surface area contributed by atoms with Crippen LogP contribution in [0.1, 0.15) is 49.3 Å². The van der Waals surface area contributed by atoms with Gasteiger partial charge < -0.3 is 24.5 Å². The fourth-order valence-corrected chi connectivity index (χ4v) is 6.71. The van der Waals surface area contributed by atoms with Gasteiger partial charge in [0.25, 0.3) is 6.43 Å². The first kappa shape index (κ1) is 25.5. The smallest absolute Gasteiger partial charge is 0.264 e. The Bertz CT molecular complexity index is 1490. The molecule has 6 heterocycles. The second-order valence-electron chi connectivity index (χ2n) is 11.5. The van der Waals surface area contributed by atoms with E-state index in [0.29, 0.717) is 17.7 Å². The van der Waals surface area contributed by atoms with Crippen LogP contribution in [0.25, 0.3) is 17.2 Å². The summed E-state index contributed by atoms with van der Waals surface area (Å²) in [4.78, 5) is 11.5. The van der Waals surface area contributed by atoms with Crippen molar-refractivity contribution in [3.8, 4) is 11.1 Å². The van der Waals surface area contributed by atoms with Gasteiger partial charge in [-0.15, -0.1) is 0 Å². The van der Waals surface area contributed by atoms with Crippen LogP contribution in [-0.2, 0) is 18.2 Å². The minimum Gasteiger partial charge on any atom is -0.371 e. The number of nitrogens with zero attached hydrogens (tertiary/aromatic N) is 6. The molecule has 7 rings (SSSR count). The second-order valence-corrected chi connectivity index (χ2v) is 11.5. The van der Waals surface area contributed by atoms with Gasteiger partial charge in [0.2, 0.25) is 0 Å². The SMILES string of the molecule is CC1=Cc2c(cc(N3CC4CCC(C3)O4)nc2N2CCCc3cc(-c4cnn(C)c4)c(C(F)F)cc32)N(C)C1O. The first-order valence-electron chi connectivity index (χ1n) is 14.0. The van der Waals surface area contributed by atoms with Crippen molar-refractivity contribution in [3.05, 3.63) is 52.9 Å². The molecule has 0 spiro atoms. The fraction of sp³-hybridized carbons (Fsp3) is 0.467. The van der Waals surface area contributed by atoms with Gasteiger partial charge in [-0.05, 0) is 67.5 Å². The Morgan fingerprint density at radius 1 is 1.07 bits per heavy atom. The predicted octanol–water partition coefficient (Wildman–Crippen LogP) is 5.04. The third-order valence-electron chi connectivity index (χ3n) is 8.77. The maximum absolute atomic E-state index is 14.5. The molecule has 0 amide bonds. The van der Waals surface area contributed by atoms with E-state index in [1.807, 2.05) is 31.0 Å². The summed E-state index contributed by atoms with van der Waals surface area (Å²) in [5, 5.41) is 15.1. The standard InChI is InChI=1S/C30H34F2N6O2/c1-17-9-24-26(36(3)30(17)39)12-27(37-15-20-6-7-21(16-37)40-20)34-29(24)38-8-4-5-18-10-22(19-13-33-35(2)14-19)23(28(31)32)11-25(18)38/h9-14,20-21,28,30,39H,4-8,15-16H2,1-3H3. The van der Waals surface area contributed by atoms with Crippen LogP contribution in [0.5, 0.6) is 0 Å². The minimum atomic E-state index is -2.63. The Morgan fingerprint density at radius 2 is 1.85 bits per heavy atom. The monoisotopic (exact) mass is 548 g/mol. The number of aromatic nitrogens is 3. The van der Waals surface area contributed by atoms with Gasteiger partial charge in [0.15, 0.2) is 0 Å². The molecule has 1 N–H and O–H groups in total. The minimum absolute atomic E-state index is 0.00677. The number of aryl methyl sites for hydroxylation is 2. The van der Waals surface area contributed by atoms with Crippen molar-refractivity contribution in [2.75, 3.05) is 41.4 Å².